The highest BCUT2D eigenvalue weighted by molar-refractivity contribution is 7.99. The molecular weight excluding hydrogens is 358 g/mol. The Morgan fingerprint density at radius 3 is 2.88 bits per heavy atom. The third-order valence-electron chi connectivity index (χ3n) is 4.27. The van der Waals surface area contributed by atoms with E-state index in [0.717, 1.165) is 10.5 Å². The standard InChI is InChI=1S/C17H19N3O5S/c18-14(21)9-25-6-7-26-13-3-1-2-10-11(13)8-20(17(10)24)12-4-5-15(22)19-16(12)23/h1-3,12H,4-9H2,(H2,18,21)(H,19,22,23). The summed E-state index contributed by atoms with van der Waals surface area (Å²) in [7, 11) is 0. The van der Waals surface area contributed by atoms with Crippen LogP contribution in [-0.2, 0) is 25.7 Å². The summed E-state index contributed by atoms with van der Waals surface area (Å²) in [5.41, 5.74) is 6.47. The van der Waals surface area contributed by atoms with Crippen molar-refractivity contribution in [2.24, 2.45) is 5.73 Å². The molecule has 8 nitrogen and oxygen atoms in total. The van der Waals surface area contributed by atoms with E-state index in [0.29, 0.717) is 30.9 Å². The number of piperidine rings is 1. The summed E-state index contributed by atoms with van der Waals surface area (Å²) in [4.78, 5) is 49.2. The van der Waals surface area contributed by atoms with Gasteiger partial charge in [0, 0.05) is 29.2 Å². The van der Waals surface area contributed by atoms with Crippen molar-refractivity contribution in [1.82, 2.24) is 10.2 Å². The van der Waals surface area contributed by atoms with Crippen LogP contribution in [0.3, 0.4) is 0 Å². The number of nitrogens with zero attached hydrogens (tertiary/aromatic N) is 1. The van der Waals surface area contributed by atoms with Gasteiger partial charge in [-0.1, -0.05) is 6.07 Å². The zero-order valence-corrected chi connectivity index (χ0v) is 14.8. The maximum atomic E-state index is 12.7. The fourth-order valence-corrected chi connectivity index (χ4v) is 4.02. The van der Waals surface area contributed by atoms with Gasteiger partial charge in [-0.05, 0) is 24.1 Å². The summed E-state index contributed by atoms with van der Waals surface area (Å²) < 4.78 is 5.14. The minimum absolute atomic E-state index is 0.116. The first-order chi connectivity index (χ1) is 12.5. The Bertz CT molecular complexity index is 767. The summed E-state index contributed by atoms with van der Waals surface area (Å²) in [6.45, 7) is 0.586. The van der Waals surface area contributed by atoms with Gasteiger partial charge in [0.1, 0.15) is 12.6 Å². The normalized spacial score (nSPS) is 19.5. The highest BCUT2D eigenvalue weighted by Crippen LogP contribution is 2.34. The summed E-state index contributed by atoms with van der Waals surface area (Å²) in [5, 5.41) is 2.29. The molecule has 0 bridgehead atoms. The number of carbonyl (C=O) groups excluding carboxylic acids is 4. The lowest BCUT2D eigenvalue weighted by Crippen LogP contribution is -2.52. The molecule has 1 aromatic rings. The summed E-state index contributed by atoms with van der Waals surface area (Å²) in [6, 6.07) is 4.84. The number of nitrogens with one attached hydrogen (secondary N) is 1. The number of benzene rings is 1. The smallest absolute Gasteiger partial charge is 0.255 e. The molecular formula is C17H19N3O5S. The Hall–Kier alpha value is -2.39. The van der Waals surface area contributed by atoms with Gasteiger partial charge in [0.25, 0.3) is 5.91 Å². The number of ether oxygens (including phenoxy) is 1. The van der Waals surface area contributed by atoms with Gasteiger partial charge < -0.3 is 15.4 Å². The molecule has 1 saturated heterocycles. The van der Waals surface area contributed by atoms with Gasteiger partial charge in [-0.15, -0.1) is 11.8 Å². The van der Waals surface area contributed by atoms with E-state index in [4.69, 9.17) is 10.5 Å². The van der Waals surface area contributed by atoms with E-state index in [1.165, 1.54) is 16.7 Å². The second-order valence-electron chi connectivity index (χ2n) is 6.05. The van der Waals surface area contributed by atoms with E-state index < -0.39 is 17.9 Å². The summed E-state index contributed by atoms with van der Waals surface area (Å²) >= 11 is 1.52. The van der Waals surface area contributed by atoms with Crippen molar-refractivity contribution >= 4 is 35.4 Å². The molecule has 138 valence electrons. The van der Waals surface area contributed by atoms with Gasteiger partial charge in [0.05, 0.1) is 6.61 Å². The lowest BCUT2D eigenvalue weighted by molar-refractivity contribution is -0.137. The predicted molar refractivity (Wildman–Crippen MR) is 93.2 cm³/mol. The van der Waals surface area contributed by atoms with E-state index in [-0.39, 0.29) is 24.8 Å². The van der Waals surface area contributed by atoms with E-state index in [1.54, 1.807) is 12.1 Å². The van der Waals surface area contributed by atoms with Crippen LogP contribution in [0, 0.1) is 0 Å². The van der Waals surface area contributed by atoms with Crippen LogP contribution in [-0.4, -0.2) is 53.5 Å². The molecule has 1 atom stereocenters. The van der Waals surface area contributed by atoms with E-state index in [9.17, 15) is 19.2 Å². The topological polar surface area (TPSA) is 119 Å². The molecule has 3 N–H and O–H groups in total. The Labute approximate surface area is 154 Å². The Balaban J connectivity index is 1.66. The quantitative estimate of drug-likeness (QED) is 0.393. The fourth-order valence-electron chi connectivity index (χ4n) is 3.08. The number of amides is 4. The van der Waals surface area contributed by atoms with Gasteiger partial charge in [-0.25, -0.2) is 0 Å². The number of thioether (sulfide) groups is 1. The van der Waals surface area contributed by atoms with E-state index in [2.05, 4.69) is 5.32 Å². The third kappa shape index (κ3) is 3.88. The lowest BCUT2D eigenvalue weighted by Gasteiger charge is -2.29. The maximum Gasteiger partial charge on any atom is 0.255 e. The molecule has 0 saturated carbocycles. The molecule has 0 aliphatic carbocycles. The average molecular weight is 377 g/mol. The highest BCUT2D eigenvalue weighted by atomic mass is 32.2. The molecule has 1 fully saturated rings. The molecule has 26 heavy (non-hydrogen) atoms. The molecule has 4 amide bonds. The Morgan fingerprint density at radius 1 is 1.35 bits per heavy atom. The monoisotopic (exact) mass is 377 g/mol. The van der Waals surface area contributed by atoms with Crippen LogP contribution >= 0.6 is 11.8 Å². The summed E-state index contributed by atoms with van der Waals surface area (Å²) in [5.74, 6) is -0.821. The first kappa shape index (κ1) is 18.4. The number of imide groups is 1. The minimum atomic E-state index is -0.621. The molecule has 0 spiro atoms. The Kier molecular flexibility index (Phi) is 5.58. The van der Waals surface area contributed by atoms with E-state index >= 15 is 0 Å². The minimum Gasteiger partial charge on any atom is -0.371 e. The molecule has 3 rings (SSSR count). The van der Waals surface area contributed by atoms with Gasteiger partial charge >= 0.3 is 0 Å². The third-order valence-corrected chi connectivity index (χ3v) is 5.33. The SMILES string of the molecule is NC(=O)COCCSc1cccc2c1CN(C1CCC(=O)NC1=O)C2=O. The van der Waals surface area contributed by atoms with Crippen LogP contribution in [0.25, 0.3) is 0 Å². The maximum absolute atomic E-state index is 12.7. The van der Waals surface area contributed by atoms with Crippen molar-refractivity contribution < 1.29 is 23.9 Å². The first-order valence-electron chi connectivity index (χ1n) is 8.22. The number of hydrogen-bond acceptors (Lipinski definition) is 6. The predicted octanol–water partition coefficient (Wildman–Crippen LogP) is 0.0416. The molecule has 2 aliphatic heterocycles. The molecule has 2 aliphatic rings. The lowest BCUT2D eigenvalue weighted by atomic mass is 10.0. The van der Waals surface area contributed by atoms with Crippen molar-refractivity contribution in [3.63, 3.8) is 0 Å². The van der Waals surface area contributed by atoms with Crippen LogP contribution in [0.1, 0.15) is 28.8 Å². The van der Waals surface area contributed by atoms with Crippen molar-refractivity contribution in [2.75, 3.05) is 19.0 Å². The van der Waals surface area contributed by atoms with Crippen LogP contribution < -0.4 is 11.1 Å². The number of hydrogen-bond donors (Lipinski definition) is 2. The van der Waals surface area contributed by atoms with E-state index in [1.807, 2.05) is 6.07 Å². The fraction of sp³-hybridized carbons (Fsp3) is 0.412. The van der Waals surface area contributed by atoms with Gasteiger partial charge in [0.2, 0.25) is 17.7 Å². The molecule has 9 heteroatoms. The highest BCUT2D eigenvalue weighted by Gasteiger charge is 2.39. The zero-order chi connectivity index (χ0) is 18.7. The number of rotatable bonds is 7. The molecule has 0 radical (unpaired) electrons. The molecule has 1 unspecified atom stereocenters. The van der Waals surface area contributed by atoms with Gasteiger partial charge in [-0.3, -0.25) is 24.5 Å². The zero-order valence-electron chi connectivity index (χ0n) is 14.0. The molecule has 1 aromatic carbocycles. The molecule has 0 aromatic heterocycles. The second-order valence-corrected chi connectivity index (χ2v) is 7.19. The van der Waals surface area contributed by atoms with Gasteiger partial charge in [0.15, 0.2) is 0 Å². The second kappa shape index (κ2) is 7.88. The largest absolute Gasteiger partial charge is 0.371 e. The van der Waals surface area contributed by atoms with Gasteiger partial charge in [-0.2, -0.15) is 0 Å². The van der Waals surface area contributed by atoms with Crippen LogP contribution in [0.5, 0.6) is 0 Å². The number of nitrogens with two attached hydrogens (primary N) is 1. The van der Waals surface area contributed by atoms with Crippen LogP contribution in [0.15, 0.2) is 23.1 Å². The number of fused-ring (bicyclic) bond motifs is 1. The Morgan fingerprint density at radius 2 is 2.15 bits per heavy atom. The molecule has 2 heterocycles. The van der Waals surface area contributed by atoms with Crippen molar-refractivity contribution in [2.45, 2.75) is 30.3 Å². The average Bonchev–Trinajstić information content (AvgIpc) is 2.92. The van der Waals surface area contributed by atoms with Crippen molar-refractivity contribution in [3.8, 4) is 0 Å². The summed E-state index contributed by atoms with van der Waals surface area (Å²) in [6.07, 6.45) is 0.573. The first-order valence-corrected chi connectivity index (χ1v) is 9.21. The van der Waals surface area contributed by atoms with Crippen molar-refractivity contribution in [1.29, 1.82) is 0 Å². The number of carbonyl (C=O) groups is 4. The van der Waals surface area contributed by atoms with Crippen molar-refractivity contribution in [3.05, 3.63) is 29.3 Å². The van der Waals surface area contributed by atoms with Crippen LogP contribution in [0.4, 0.5) is 0 Å². The number of primary amides is 1. The van der Waals surface area contributed by atoms with Crippen LogP contribution in [0.2, 0.25) is 0 Å².